The van der Waals surface area contributed by atoms with E-state index in [4.69, 9.17) is 0 Å². The molecule has 1 amide bonds. The van der Waals surface area contributed by atoms with Gasteiger partial charge in [-0.25, -0.2) is 5.43 Å². The lowest BCUT2D eigenvalue weighted by Gasteiger charge is -2.01. The maximum Gasteiger partial charge on any atom is 0.311 e. The van der Waals surface area contributed by atoms with Crippen molar-refractivity contribution in [3.8, 4) is 5.75 Å². The summed E-state index contributed by atoms with van der Waals surface area (Å²) in [6, 6.07) is 10.7. The molecule has 22 heavy (non-hydrogen) atoms. The van der Waals surface area contributed by atoms with E-state index in [2.05, 4.69) is 26.5 Å². The molecule has 2 rings (SSSR count). The first-order valence-electron chi connectivity index (χ1n) is 6.04. The molecule has 0 spiro atoms. The quantitative estimate of drug-likeness (QED) is 0.494. The molecular formula is C14H10BrN3O4. The molecule has 0 aliphatic heterocycles. The highest BCUT2D eigenvalue weighted by molar-refractivity contribution is 9.10. The van der Waals surface area contributed by atoms with E-state index in [1.54, 1.807) is 24.3 Å². The number of amides is 1. The van der Waals surface area contributed by atoms with Crippen molar-refractivity contribution in [3.63, 3.8) is 0 Å². The number of phenols is 1. The van der Waals surface area contributed by atoms with Crippen LogP contribution in [0.3, 0.4) is 0 Å². The Morgan fingerprint density at radius 2 is 2.05 bits per heavy atom. The number of para-hydroxylation sites is 1. The van der Waals surface area contributed by atoms with Crippen LogP contribution < -0.4 is 5.43 Å². The number of hydrogen-bond acceptors (Lipinski definition) is 5. The third-order valence-corrected chi connectivity index (χ3v) is 3.19. The number of rotatable bonds is 4. The van der Waals surface area contributed by atoms with Crippen molar-refractivity contribution in [1.29, 1.82) is 0 Å². The van der Waals surface area contributed by atoms with Crippen LogP contribution in [-0.2, 0) is 0 Å². The first kappa shape index (κ1) is 15.6. The molecule has 8 heteroatoms. The van der Waals surface area contributed by atoms with E-state index in [1.165, 1.54) is 18.2 Å². The van der Waals surface area contributed by atoms with Crippen molar-refractivity contribution in [2.75, 3.05) is 0 Å². The van der Waals surface area contributed by atoms with E-state index in [1.807, 2.05) is 0 Å². The SMILES string of the molecule is O=C(N/N=C/c1cccc([N+](=O)[O-])c1O)c1cccc(Br)c1. The standard InChI is InChI=1S/C14H10BrN3O4/c15-11-5-1-3-9(7-11)14(20)17-16-8-10-4-2-6-12(13(10)19)18(21)22/h1-8,19H,(H,17,20)/b16-8+. The van der Waals surface area contributed by atoms with E-state index in [0.29, 0.717) is 5.56 Å². The Hall–Kier alpha value is -2.74. The highest BCUT2D eigenvalue weighted by atomic mass is 79.9. The van der Waals surface area contributed by atoms with Gasteiger partial charge in [0.25, 0.3) is 5.91 Å². The largest absolute Gasteiger partial charge is 0.502 e. The number of aromatic hydroxyl groups is 1. The number of phenolic OH excluding ortho intramolecular Hbond substituents is 1. The zero-order chi connectivity index (χ0) is 16.1. The van der Waals surface area contributed by atoms with E-state index < -0.39 is 22.3 Å². The molecule has 2 N–H and O–H groups in total. The van der Waals surface area contributed by atoms with E-state index in [-0.39, 0.29) is 5.56 Å². The summed E-state index contributed by atoms with van der Waals surface area (Å²) in [6.07, 6.45) is 1.14. The van der Waals surface area contributed by atoms with Crippen molar-refractivity contribution in [1.82, 2.24) is 5.43 Å². The van der Waals surface area contributed by atoms with Gasteiger partial charge in [0.2, 0.25) is 5.75 Å². The first-order chi connectivity index (χ1) is 10.5. The van der Waals surface area contributed by atoms with Gasteiger partial charge in [-0.3, -0.25) is 14.9 Å². The number of nitrogens with one attached hydrogen (secondary N) is 1. The predicted molar refractivity (Wildman–Crippen MR) is 84.0 cm³/mol. The second-order valence-corrected chi connectivity index (χ2v) is 5.10. The molecule has 7 nitrogen and oxygen atoms in total. The highest BCUT2D eigenvalue weighted by Gasteiger charge is 2.15. The molecule has 2 aromatic carbocycles. The van der Waals surface area contributed by atoms with Crippen LogP contribution >= 0.6 is 15.9 Å². The Labute approximate surface area is 133 Å². The van der Waals surface area contributed by atoms with Gasteiger partial charge in [0.15, 0.2) is 0 Å². The van der Waals surface area contributed by atoms with Crippen molar-refractivity contribution >= 4 is 33.7 Å². The molecule has 0 saturated carbocycles. The second kappa shape index (κ2) is 6.81. The van der Waals surface area contributed by atoms with Gasteiger partial charge in [-0.1, -0.05) is 28.1 Å². The minimum Gasteiger partial charge on any atom is -0.502 e. The van der Waals surface area contributed by atoms with Crippen molar-refractivity contribution < 1.29 is 14.8 Å². The topological polar surface area (TPSA) is 105 Å². The number of halogens is 1. The lowest BCUT2D eigenvalue weighted by Crippen LogP contribution is -2.17. The lowest BCUT2D eigenvalue weighted by molar-refractivity contribution is -0.385. The summed E-state index contributed by atoms with van der Waals surface area (Å²) >= 11 is 3.25. The lowest BCUT2D eigenvalue weighted by atomic mass is 10.2. The Balaban J connectivity index is 2.12. The zero-order valence-electron chi connectivity index (χ0n) is 11.1. The summed E-state index contributed by atoms with van der Waals surface area (Å²) in [5, 5.41) is 24.1. The summed E-state index contributed by atoms with van der Waals surface area (Å²) in [5.74, 6) is -0.949. The normalized spacial score (nSPS) is 10.6. The predicted octanol–water partition coefficient (Wildman–Crippen LogP) is 2.83. The molecule has 0 unspecified atom stereocenters. The third-order valence-electron chi connectivity index (χ3n) is 2.70. The van der Waals surface area contributed by atoms with Gasteiger partial charge in [-0.15, -0.1) is 0 Å². The van der Waals surface area contributed by atoms with E-state index >= 15 is 0 Å². The van der Waals surface area contributed by atoms with Crippen LogP contribution in [0.1, 0.15) is 15.9 Å². The number of benzene rings is 2. The molecule has 0 heterocycles. The maximum atomic E-state index is 11.8. The van der Waals surface area contributed by atoms with Gasteiger partial charge in [-0.05, 0) is 24.3 Å². The summed E-state index contributed by atoms with van der Waals surface area (Å²) in [4.78, 5) is 21.8. The van der Waals surface area contributed by atoms with E-state index in [9.17, 15) is 20.0 Å². The number of carbonyl (C=O) groups excluding carboxylic acids is 1. The number of hydrogen-bond donors (Lipinski definition) is 2. The molecule has 0 atom stereocenters. The number of nitrogens with zero attached hydrogens (tertiary/aromatic N) is 2. The number of nitro benzene ring substituents is 1. The third kappa shape index (κ3) is 3.67. The number of hydrazone groups is 1. The van der Waals surface area contributed by atoms with Crippen LogP contribution in [-0.4, -0.2) is 22.2 Å². The van der Waals surface area contributed by atoms with Crippen LogP contribution in [0.15, 0.2) is 52.0 Å². The van der Waals surface area contributed by atoms with Crippen molar-refractivity contribution in [3.05, 3.63) is 68.2 Å². The molecule has 0 bridgehead atoms. The highest BCUT2D eigenvalue weighted by Crippen LogP contribution is 2.27. The molecule has 0 aromatic heterocycles. The van der Waals surface area contributed by atoms with Gasteiger partial charge in [-0.2, -0.15) is 5.10 Å². The van der Waals surface area contributed by atoms with E-state index in [0.717, 1.165) is 10.7 Å². The van der Waals surface area contributed by atoms with Crippen LogP contribution in [0.4, 0.5) is 5.69 Å². The van der Waals surface area contributed by atoms with Gasteiger partial charge in [0, 0.05) is 21.7 Å². The molecule has 0 fully saturated rings. The van der Waals surface area contributed by atoms with Crippen LogP contribution in [0, 0.1) is 10.1 Å². The summed E-state index contributed by atoms with van der Waals surface area (Å²) in [6.45, 7) is 0. The summed E-state index contributed by atoms with van der Waals surface area (Å²) < 4.78 is 0.750. The van der Waals surface area contributed by atoms with Crippen molar-refractivity contribution in [2.45, 2.75) is 0 Å². The molecule has 0 aliphatic carbocycles. The number of carbonyl (C=O) groups is 1. The molecule has 2 aromatic rings. The van der Waals surface area contributed by atoms with Crippen LogP contribution in [0.2, 0.25) is 0 Å². The Kier molecular flexibility index (Phi) is 4.84. The Bertz CT molecular complexity index is 762. The van der Waals surface area contributed by atoms with Gasteiger partial charge < -0.3 is 5.11 Å². The van der Waals surface area contributed by atoms with Gasteiger partial charge in [0.05, 0.1) is 11.1 Å². The number of nitro groups is 1. The summed E-state index contributed by atoms with van der Waals surface area (Å²) in [5.41, 5.74) is 2.38. The molecule has 0 saturated heterocycles. The summed E-state index contributed by atoms with van der Waals surface area (Å²) in [7, 11) is 0. The smallest absolute Gasteiger partial charge is 0.311 e. The van der Waals surface area contributed by atoms with Crippen LogP contribution in [0.25, 0.3) is 0 Å². The van der Waals surface area contributed by atoms with Crippen LogP contribution in [0.5, 0.6) is 5.75 Å². The molecule has 0 aliphatic rings. The average molecular weight is 364 g/mol. The maximum absolute atomic E-state index is 11.8. The fourth-order valence-corrected chi connectivity index (χ4v) is 2.05. The first-order valence-corrected chi connectivity index (χ1v) is 6.83. The van der Waals surface area contributed by atoms with Crippen molar-refractivity contribution in [2.24, 2.45) is 5.10 Å². The fraction of sp³-hybridized carbons (Fsp3) is 0. The Morgan fingerprint density at radius 1 is 1.32 bits per heavy atom. The van der Waals surface area contributed by atoms with Gasteiger partial charge >= 0.3 is 5.69 Å². The molecule has 0 radical (unpaired) electrons. The van der Waals surface area contributed by atoms with Gasteiger partial charge in [0.1, 0.15) is 0 Å². The fourth-order valence-electron chi connectivity index (χ4n) is 1.65. The molecular weight excluding hydrogens is 354 g/mol. The minimum atomic E-state index is -0.702. The average Bonchev–Trinajstić information content (AvgIpc) is 2.48. The molecule has 112 valence electrons. The second-order valence-electron chi connectivity index (χ2n) is 4.18. The minimum absolute atomic E-state index is 0.128. The zero-order valence-corrected chi connectivity index (χ0v) is 12.6. The monoisotopic (exact) mass is 363 g/mol. The Morgan fingerprint density at radius 3 is 2.73 bits per heavy atom.